The number of rotatable bonds is 7. The lowest BCUT2D eigenvalue weighted by molar-refractivity contribution is -0.133. The number of hydrogen-bond acceptors (Lipinski definition) is 5. The van der Waals surface area contributed by atoms with E-state index in [4.69, 9.17) is 11.1 Å². The van der Waals surface area contributed by atoms with Crippen LogP contribution in [0.15, 0.2) is 30.0 Å². The Morgan fingerprint density at radius 1 is 1.16 bits per heavy atom. The first kappa shape index (κ1) is 25.5. The highest BCUT2D eigenvalue weighted by Crippen LogP contribution is 2.41. The van der Waals surface area contributed by atoms with E-state index in [2.05, 4.69) is 10.6 Å². The van der Waals surface area contributed by atoms with Crippen LogP contribution in [0.5, 0.6) is 0 Å². The predicted octanol–water partition coefficient (Wildman–Crippen LogP) is 3.05. The van der Waals surface area contributed by atoms with Gasteiger partial charge in [0.15, 0.2) is 6.10 Å². The SMILES string of the molecule is C[C@H](NC(=O)[C@@H](O)c1cc(F)cc(F)c1)C(=O)NC(=N)C=C(N)C(C)(C)C1CCCCC1. The second kappa shape index (κ2) is 10.7. The van der Waals surface area contributed by atoms with Crippen LogP contribution in [0.3, 0.4) is 0 Å². The third-order valence-corrected chi connectivity index (χ3v) is 6.13. The van der Waals surface area contributed by atoms with E-state index >= 15 is 0 Å². The molecule has 1 aromatic rings. The molecule has 2 atom stereocenters. The molecule has 0 aliphatic heterocycles. The van der Waals surface area contributed by atoms with E-state index in [-0.39, 0.29) is 16.8 Å². The number of aliphatic hydroxyl groups is 1. The topological polar surface area (TPSA) is 128 Å². The standard InChI is InChI=1S/C23H32F2N4O3/c1-13(28-22(32)20(30)14-9-16(24)11-17(25)10-14)21(31)29-19(27)12-18(26)23(2,3)15-7-5-4-6-8-15/h9-13,15,20,30H,4-8,26H2,1-3H3,(H,28,32)(H2,27,29,31)/t13-,20-/m0/s1. The number of aliphatic hydroxyl groups excluding tert-OH is 1. The molecule has 9 heteroatoms. The van der Waals surface area contributed by atoms with Crippen molar-refractivity contribution in [3.05, 3.63) is 47.2 Å². The smallest absolute Gasteiger partial charge is 0.254 e. The van der Waals surface area contributed by atoms with Crippen LogP contribution in [0.4, 0.5) is 8.78 Å². The molecule has 1 aliphatic carbocycles. The van der Waals surface area contributed by atoms with E-state index in [1.54, 1.807) is 0 Å². The van der Waals surface area contributed by atoms with Crippen molar-refractivity contribution in [1.29, 1.82) is 5.41 Å². The zero-order valence-corrected chi connectivity index (χ0v) is 18.7. The van der Waals surface area contributed by atoms with Gasteiger partial charge in [0.2, 0.25) is 5.91 Å². The molecule has 0 bridgehead atoms. The Labute approximate surface area is 187 Å². The first-order valence-electron chi connectivity index (χ1n) is 10.7. The molecular formula is C23H32F2N4O3. The number of carbonyl (C=O) groups is 2. The van der Waals surface area contributed by atoms with Crippen LogP contribution in [0.1, 0.15) is 64.5 Å². The molecule has 0 spiro atoms. The third kappa shape index (κ3) is 6.59. The summed E-state index contributed by atoms with van der Waals surface area (Å²) in [7, 11) is 0. The molecule has 1 fully saturated rings. The van der Waals surface area contributed by atoms with Gasteiger partial charge in [0.25, 0.3) is 5.91 Å². The Morgan fingerprint density at radius 3 is 2.28 bits per heavy atom. The monoisotopic (exact) mass is 450 g/mol. The highest BCUT2D eigenvalue weighted by molar-refractivity contribution is 6.05. The third-order valence-electron chi connectivity index (χ3n) is 6.13. The van der Waals surface area contributed by atoms with Crippen molar-refractivity contribution in [1.82, 2.24) is 10.6 Å². The summed E-state index contributed by atoms with van der Waals surface area (Å²) in [6.07, 6.45) is 5.22. The minimum absolute atomic E-state index is 0.217. The molecule has 7 nitrogen and oxygen atoms in total. The van der Waals surface area contributed by atoms with Crippen molar-refractivity contribution in [3.63, 3.8) is 0 Å². The fraction of sp³-hybridized carbons (Fsp3) is 0.522. The molecule has 0 saturated heterocycles. The number of allylic oxidation sites excluding steroid dienone is 1. The summed E-state index contributed by atoms with van der Waals surface area (Å²) in [6, 6.07) is 1.16. The first-order chi connectivity index (χ1) is 14.9. The molecule has 0 heterocycles. The molecule has 176 valence electrons. The van der Waals surface area contributed by atoms with Gasteiger partial charge < -0.3 is 21.5 Å². The van der Waals surface area contributed by atoms with Gasteiger partial charge in [0.05, 0.1) is 0 Å². The predicted molar refractivity (Wildman–Crippen MR) is 117 cm³/mol. The van der Waals surface area contributed by atoms with Crippen LogP contribution in [0.2, 0.25) is 0 Å². The zero-order valence-electron chi connectivity index (χ0n) is 18.7. The highest BCUT2D eigenvalue weighted by atomic mass is 19.1. The van der Waals surface area contributed by atoms with Crippen molar-refractivity contribution in [2.45, 2.75) is 65.0 Å². The normalized spacial score (nSPS) is 17.4. The minimum atomic E-state index is -1.86. The van der Waals surface area contributed by atoms with Crippen LogP contribution < -0.4 is 16.4 Å². The number of hydrogen-bond donors (Lipinski definition) is 5. The Hall–Kier alpha value is -2.81. The van der Waals surface area contributed by atoms with Gasteiger partial charge in [0, 0.05) is 17.2 Å². The highest BCUT2D eigenvalue weighted by Gasteiger charge is 2.33. The summed E-state index contributed by atoms with van der Waals surface area (Å²) in [5, 5.41) is 22.7. The molecule has 2 amide bonds. The van der Waals surface area contributed by atoms with Crippen molar-refractivity contribution < 1.29 is 23.5 Å². The van der Waals surface area contributed by atoms with Gasteiger partial charge in [-0.15, -0.1) is 0 Å². The van der Waals surface area contributed by atoms with E-state index in [1.807, 2.05) is 13.8 Å². The van der Waals surface area contributed by atoms with E-state index in [0.29, 0.717) is 17.7 Å². The molecule has 32 heavy (non-hydrogen) atoms. The Morgan fingerprint density at radius 2 is 1.72 bits per heavy atom. The van der Waals surface area contributed by atoms with Crippen LogP contribution in [0, 0.1) is 28.4 Å². The molecule has 0 radical (unpaired) electrons. The summed E-state index contributed by atoms with van der Waals surface area (Å²) >= 11 is 0. The molecule has 1 aromatic carbocycles. The Bertz CT molecular complexity index is 875. The number of nitrogens with two attached hydrogens (primary N) is 1. The number of nitrogens with one attached hydrogen (secondary N) is 3. The van der Waals surface area contributed by atoms with Crippen LogP contribution >= 0.6 is 0 Å². The van der Waals surface area contributed by atoms with Crippen molar-refractivity contribution in [2.75, 3.05) is 0 Å². The summed E-state index contributed by atoms with van der Waals surface area (Å²) < 4.78 is 26.6. The lowest BCUT2D eigenvalue weighted by Crippen LogP contribution is -2.47. The molecular weight excluding hydrogens is 418 g/mol. The second-order valence-corrected chi connectivity index (χ2v) is 8.89. The van der Waals surface area contributed by atoms with Crippen LogP contribution in [-0.2, 0) is 9.59 Å². The number of carbonyl (C=O) groups excluding carboxylic acids is 2. The summed E-state index contributed by atoms with van der Waals surface area (Å²) in [6.45, 7) is 5.42. The molecule has 0 unspecified atom stereocenters. The van der Waals surface area contributed by atoms with Gasteiger partial charge in [-0.2, -0.15) is 0 Å². The van der Waals surface area contributed by atoms with Gasteiger partial charge in [-0.1, -0.05) is 33.1 Å². The van der Waals surface area contributed by atoms with Gasteiger partial charge in [0.1, 0.15) is 23.5 Å². The van der Waals surface area contributed by atoms with E-state index in [1.165, 1.54) is 19.4 Å². The minimum Gasteiger partial charge on any atom is -0.401 e. The number of halogens is 2. The Balaban J connectivity index is 1.95. The van der Waals surface area contributed by atoms with E-state index in [0.717, 1.165) is 37.8 Å². The number of amides is 2. The van der Waals surface area contributed by atoms with Crippen LogP contribution in [0.25, 0.3) is 0 Å². The summed E-state index contributed by atoms with van der Waals surface area (Å²) in [4.78, 5) is 24.5. The average Bonchev–Trinajstić information content (AvgIpc) is 2.72. The van der Waals surface area contributed by atoms with E-state index in [9.17, 15) is 23.5 Å². The fourth-order valence-corrected chi connectivity index (χ4v) is 3.92. The molecule has 6 N–H and O–H groups in total. The first-order valence-corrected chi connectivity index (χ1v) is 10.7. The molecule has 2 rings (SSSR count). The largest absolute Gasteiger partial charge is 0.401 e. The maximum atomic E-state index is 13.3. The fourth-order valence-electron chi connectivity index (χ4n) is 3.92. The number of benzene rings is 1. The number of amidine groups is 1. The van der Waals surface area contributed by atoms with E-state index < -0.39 is 35.6 Å². The lowest BCUT2D eigenvalue weighted by atomic mass is 9.69. The molecule has 1 aliphatic rings. The maximum absolute atomic E-state index is 13.3. The average molecular weight is 451 g/mol. The quantitative estimate of drug-likeness (QED) is 0.323. The summed E-state index contributed by atoms with van der Waals surface area (Å²) in [5.41, 5.74) is 6.15. The Kier molecular flexibility index (Phi) is 8.49. The lowest BCUT2D eigenvalue weighted by Gasteiger charge is -2.37. The van der Waals surface area contributed by atoms with Gasteiger partial charge in [-0.25, -0.2) is 8.78 Å². The van der Waals surface area contributed by atoms with Crippen molar-refractivity contribution in [2.24, 2.45) is 17.1 Å². The van der Waals surface area contributed by atoms with Crippen molar-refractivity contribution in [3.8, 4) is 0 Å². The van der Waals surface area contributed by atoms with Crippen molar-refractivity contribution >= 4 is 17.6 Å². The maximum Gasteiger partial charge on any atom is 0.254 e. The van der Waals surface area contributed by atoms with Gasteiger partial charge in [-0.05, 0) is 49.5 Å². The van der Waals surface area contributed by atoms with Crippen LogP contribution in [-0.4, -0.2) is 28.8 Å². The molecule has 0 aromatic heterocycles. The molecule has 1 saturated carbocycles. The van der Waals surface area contributed by atoms with Gasteiger partial charge >= 0.3 is 0 Å². The second-order valence-electron chi connectivity index (χ2n) is 8.89. The summed E-state index contributed by atoms with van der Waals surface area (Å²) in [5.74, 6) is -3.38. The zero-order chi connectivity index (χ0) is 24.1. The van der Waals surface area contributed by atoms with Gasteiger partial charge in [-0.3, -0.25) is 15.0 Å².